The number of rotatable bonds is 6. The van der Waals surface area contributed by atoms with Crippen LogP contribution in [0.25, 0.3) is 0 Å². The SMILES string of the molecule is CC(C)c1cccc(C(C)C)c1NC(=O)NS(=O)(=O)c1cnc(N(C)C)nc1. The second-order valence-electron chi connectivity index (χ2n) is 7.29. The van der Waals surface area contributed by atoms with Crippen molar-refractivity contribution in [2.75, 3.05) is 24.3 Å². The van der Waals surface area contributed by atoms with Crippen LogP contribution in [-0.4, -0.2) is 38.5 Å². The maximum Gasteiger partial charge on any atom is 0.333 e. The largest absolute Gasteiger partial charge is 0.347 e. The normalized spacial score (nSPS) is 11.6. The predicted octanol–water partition coefficient (Wildman–Crippen LogP) is 3.30. The molecule has 2 amide bonds. The van der Waals surface area contributed by atoms with Crippen LogP contribution in [0.5, 0.6) is 0 Å². The van der Waals surface area contributed by atoms with E-state index in [9.17, 15) is 13.2 Å². The minimum absolute atomic E-state index is 0.164. The van der Waals surface area contributed by atoms with Gasteiger partial charge in [0.25, 0.3) is 10.0 Å². The topological polar surface area (TPSA) is 104 Å². The second kappa shape index (κ2) is 8.55. The fraction of sp³-hybridized carbons (Fsp3) is 0.421. The molecular weight excluding hydrogens is 378 g/mol. The highest BCUT2D eigenvalue weighted by atomic mass is 32.2. The second-order valence-corrected chi connectivity index (χ2v) is 8.98. The van der Waals surface area contributed by atoms with Crippen LogP contribution in [0.15, 0.2) is 35.5 Å². The third kappa shape index (κ3) is 4.98. The molecule has 2 rings (SSSR count). The molecule has 0 aliphatic rings. The van der Waals surface area contributed by atoms with Crippen molar-refractivity contribution >= 4 is 27.7 Å². The van der Waals surface area contributed by atoms with Crippen molar-refractivity contribution < 1.29 is 13.2 Å². The van der Waals surface area contributed by atoms with Gasteiger partial charge in [0, 0.05) is 19.8 Å². The molecule has 0 unspecified atom stereocenters. The van der Waals surface area contributed by atoms with E-state index in [1.54, 1.807) is 19.0 Å². The predicted molar refractivity (Wildman–Crippen MR) is 110 cm³/mol. The number of benzene rings is 1. The van der Waals surface area contributed by atoms with E-state index in [-0.39, 0.29) is 16.7 Å². The third-order valence-corrected chi connectivity index (χ3v) is 5.45. The molecule has 1 aromatic heterocycles. The highest BCUT2D eigenvalue weighted by Crippen LogP contribution is 2.32. The van der Waals surface area contributed by atoms with Gasteiger partial charge in [-0.3, -0.25) is 0 Å². The third-order valence-electron chi connectivity index (χ3n) is 4.16. The molecule has 2 N–H and O–H groups in total. The van der Waals surface area contributed by atoms with E-state index in [1.165, 1.54) is 12.4 Å². The van der Waals surface area contributed by atoms with E-state index in [1.807, 2.05) is 50.6 Å². The Labute approximate surface area is 166 Å². The number of para-hydroxylation sites is 1. The van der Waals surface area contributed by atoms with Crippen LogP contribution in [0.1, 0.15) is 50.7 Å². The van der Waals surface area contributed by atoms with E-state index < -0.39 is 16.1 Å². The highest BCUT2D eigenvalue weighted by molar-refractivity contribution is 7.90. The van der Waals surface area contributed by atoms with Crippen LogP contribution in [0, 0.1) is 0 Å². The number of amides is 2. The van der Waals surface area contributed by atoms with Crippen molar-refractivity contribution in [3.63, 3.8) is 0 Å². The van der Waals surface area contributed by atoms with E-state index in [2.05, 4.69) is 15.3 Å². The van der Waals surface area contributed by atoms with Gasteiger partial charge in [-0.2, -0.15) is 0 Å². The summed E-state index contributed by atoms with van der Waals surface area (Å²) in [5.41, 5.74) is 2.52. The fourth-order valence-electron chi connectivity index (χ4n) is 2.69. The molecule has 0 fully saturated rings. The smallest absolute Gasteiger partial charge is 0.333 e. The summed E-state index contributed by atoms with van der Waals surface area (Å²) in [5, 5.41) is 2.72. The molecule has 0 aliphatic carbocycles. The molecule has 9 heteroatoms. The molecule has 0 saturated carbocycles. The summed E-state index contributed by atoms with van der Waals surface area (Å²) >= 11 is 0. The van der Waals surface area contributed by atoms with Gasteiger partial charge in [0.2, 0.25) is 5.95 Å². The number of sulfonamides is 1. The Morgan fingerprint density at radius 1 is 1.00 bits per heavy atom. The van der Waals surface area contributed by atoms with Crippen LogP contribution in [0.4, 0.5) is 16.4 Å². The summed E-state index contributed by atoms with van der Waals surface area (Å²) in [7, 11) is -0.606. The zero-order valence-electron chi connectivity index (χ0n) is 17.0. The monoisotopic (exact) mass is 405 g/mol. The van der Waals surface area contributed by atoms with Gasteiger partial charge >= 0.3 is 6.03 Å². The first-order valence-electron chi connectivity index (χ1n) is 8.99. The Bertz CT molecular complexity index is 912. The van der Waals surface area contributed by atoms with Crippen LogP contribution in [0.2, 0.25) is 0 Å². The van der Waals surface area contributed by atoms with E-state index >= 15 is 0 Å². The lowest BCUT2D eigenvalue weighted by Gasteiger charge is -2.20. The number of aromatic nitrogens is 2. The van der Waals surface area contributed by atoms with Gasteiger partial charge in [0.05, 0.1) is 12.4 Å². The van der Waals surface area contributed by atoms with Crippen LogP contribution in [0.3, 0.4) is 0 Å². The van der Waals surface area contributed by atoms with Gasteiger partial charge in [0.1, 0.15) is 4.90 Å². The molecule has 0 spiro atoms. The summed E-state index contributed by atoms with van der Waals surface area (Å²) in [4.78, 5) is 21.9. The minimum Gasteiger partial charge on any atom is -0.347 e. The minimum atomic E-state index is -4.09. The first-order chi connectivity index (χ1) is 13.0. The average molecular weight is 406 g/mol. The Kier molecular flexibility index (Phi) is 6.60. The Hall–Kier alpha value is -2.68. The van der Waals surface area contributed by atoms with Crippen molar-refractivity contribution in [1.82, 2.24) is 14.7 Å². The Balaban J connectivity index is 2.26. The molecule has 28 heavy (non-hydrogen) atoms. The van der Waals surface area contributed by atoms with Crippen molar-refractivity contribution in [3.8, 4) is 0 Å². The van der Waals surface area contributed by atoms with Crippen molar-refractivity contribution in [1.29, 1.82) is 0 Å². The van der Waals surface area contributed by atoms with Gasteiger partial charge < -0.3 is 10.2 Å². The summed E-state index contributed by atoms with van der Waals surface area (Å²) in [6.45, 7) is 8.07. The van der Waals surface area contributed by atoms with Gasteiger partial charge in [-0.05, 0) is 23.0 Å². The molecule has 0 radical (unpaired) electrons. The Morgan fingerprint density at radius 3 is 1.93 bits per heavy atom. The summed E-state index contributed by atoms with van der Waals surface area (Å²) in [6.07, 6.45) is 2.33. The number of nitrogens with one attached hydrogen (secondary N) is 2. The summed E-state index contributed by atoms with van der Waals surface area (Å²) < 4.78 is 27.0. The standard InChI is InChI=1S/C19H27N5O3S/c1-12(2)15-8-7-9-16(13(3)4)17(15)22-19(25)23-28(26,27)14-10-20-18(21-11-14)24(5)6/h7-13H,1-6H3,(H2,22,23,25). The zero-order chi connectivity index (χ0) is 21.1. The van der Waals surface area contributed by atoms with Gasteiger partial charge in [-0.15, -0.1) is 0 Å². The highest BCUT2D eigenvalue weighted by Gasteiger charge is 2.21. The molecule has 152 valence electrons. The lowest BCUT2D eigenvalue weighted by atomic mass is 9.93. The number of anilines is 2. The molecule has 1 heterocycles. The first kappa shape index (κ1) is 21.6. The number of urea groups is 1. The molecule has 0 saturated heterocycles. The average Bonchev–Trinajstić information content (AvgIpc) is 2.61. The number of carbonyl (C=O) groups is 1. The summed E-state index contributed by atoms with van der Waals surface area (Å²) in [5.74, 6) is 0.700. The van der Waals surface area contributed by atoms with Crippen LogP contribution >= 0.6 is 0 Å². The first-order valence-corrected chi connectivity index (χ1v) is 10.5. The van der Waals surface area contributed by atoms with Crippen molar-refractivity contribution in [2.24, 2.45) is 0 Å². The molecule has 0 aliphatic heterocycles. The maximum atomic E-state index is 12.5. The molecule has 1 aromatic carbocycles. The van der Waals surface area contributed by atoms with Gasteiger partial charge in [-0.1, -0.05) is 45.9 Å². The van der Waals surface area contributed by atoms with Gasteiger partial charge in [0.15, 0.2) is 0 Å². The molecule has 0 bridgehead atoms. The zero-order valence-corrected chi connectivity index (χ0v) is 17.8. The van der Waals surface area contributed by atoms with Crippen LogP contribution in [-0.2, 0) is 10.0 Å². The molecular formula is C19H27N5O3S. The quantitative estimate of drug-likeness (QED) is 0.764. The molecule has 2 aromatic rings. The van der Waals surface area contributed by atoms with Gasteiger partial charge in [-0.25, -0.2) is 27.9 Å². The number of hydrogen-bond donors (Lipinski definition) is 2. The van der Waals surface area contributed by atoms with E-state index in [4.69, 9.17) is 0 Å². The number of nitrogens with zero attached hydrogens (tertiary/aromatic N) is 3. The maximum absolute atomic E-state index is 12.5. The summed E-state index contributed by atoms with van der Waals surface area (Å²) in [6, 6.07) is 4.96. The molecule has 8 nitrogen and oxygen atoms in total. The lowest BCUT2D eigenvalue weighted by Crippen LogP contribution is -2.35. The Morgan fingerprint density at radius 2 is 1.50 bits per heavy atom. The number of hydrogen-bond acceptors (Lipinski definition) is 6. The van der Waals surface area contributed by atoms with Crippen molar-refractivity contribution in [3.05, 3.63) is 41.7 Å². The molecule has 0 atom stereocenters. The lowest BCUT2D eigenvalue weighted by molar-refractivity contribution is 0.256. The fourth-order valence-corrected chi connectivity index (χ4v) is 3.49. The van der Waals surface area contributed by atoms with Crippen LogP contribution < -0.4 is 14.9 Å². The number of carbonyl (C=O) groups excluding carboxylic acids is 1. The van der Waals surface area contributed by atoms with Crippen molar-refractivity contribution in [2.45, 2.75) is 44.4 Å². The van der Waals surface area contributed by atoms with E-state index in [0.29, 0.717) is 11.6 Å². The van der Waals surface area contributed by atoms with E-state index in [0.717, 1.165) is 11.1 Å².